The van der Waals surface area contributed by atoms with Crippen molar-refractivity contribution in [2.24, 2.45) is 7.05 Å². The van der Waals surface area contributed by atoms with Crippen LogP contribution in [0.15, 0.2) is 42.6 Å². The number of nitrogens with zero attached hydrogens (tertiary/aromatic N) is 2. The number of para-hydroxylation sites is 1. The van der Waals surface area contributed by atoms with Crippen LogP contribution in [0.1, 0.15) is 37.4 Å². The summed E-state index contributed by atoms with van der Waals surface area (Å²) in [4.78, 5) is 14.7. The van der Waals surface area contributed by atoms with Gasteiger partial charge in [-0.2, -0.15) is 0 Å². The van der Waals surface area contributed by atoms with Crippen LogP contribution >= 0.6 is 0 Å². The van der Waals surface area contributed by atoms with E-state index in [1.165, 1.54) is 43.5 Å². The maximum Gasteiger partial charge on any atom is 0.258 e. The standard InChI is InChI=1S/C21H28FN3O2/c1-24-12-8-10-18(24)19(25-13-6-2-3-7-14-25)15-23-21(26)16-27-20-11-5-4-9-17(20)22/h4-5,8-12,19H,2-3,6-7,13-16H2,1H3,(H,23,26). The van der Waals surface area contributed by atoms with E-state index in [2.05, 4.69) is 20.9 Å². The average molecular weight is 373 g/mol. The highest BCUT2D eigenvalue weighted by atomic mass is 19.1. The molecule has 0 spiro atoms. The first-order valence-corrected chi connectivity index (χ1v) is 9.64. The molecule has 1 saturated heterocycles. The van der Waals surface area contributed by atoms with E-state index in [1.807, 2.05) is 19.3 Å². The molecule has 6 heteroatoms. The number of halogens is 1. The lowest BCUT2D eigenvalue weighted by Gasteiger charge is -2.31. The zero-order chi connectivity index (χ0) is 19.1. The number of rotatable bonds is 7. The number of benzene rings is 1. The van der Waals surface area contributed by atoms with Crippen LogP contribution < -0.4 is 10.1 Å². The number of carbonyl (C=O) groups is 1. The van der Waals surface area contributed by atoms with Crippen LogP contribution in [0.3, 0.4) is 0 Å². The lowest BCUT2D eigenvalue weighted by Crippen LogP contribution is -2.40. The zero-order valence-corrected chi connectivity index (χ0v) is 15.9. The van der Waals surface area contributed by atoms with Crippen molar-refractivity contribution in [2.45, 2.75) is 31.7 Å². The van der Waals surface area contributed by atoms with Gasteiger partial charge in [0.1, 0.15) is 0 Å². The van der Waals surface area contributed by atoms with Crippen molar-refractivity contribution in [3.63, 3.8) is 0 Å². The second kappa shape index (κ2) is 9.55. The van der Waals surface area contributed by atoms with Crippen molar-refractivity contribution in [3.05, 3.63) is 54.1 Å². The Bertz CT molecular complexity index is 739. The van der Waals surface area contributed by atoms with Gasteiger partial charge in [0.15, 0.2) is 18.2 Å². The molecule has 1 unspecified atom stereocenters. The highest BCUT2D eigenvalue weighted by molar-refractivity contribution is 5.77. The van der Waals surface area contributed by atoms with Crippen molar-refractivity contribution in [2.75, 3.05) is 26.2 Å². The second-order valence-corrected chi connectivity index (χ2v) is 7.03. The highest BCUT2D eigenvalue weighted by Gasteiger charge is 2.24. The van der Waals surface area contributed by atoms with Gasteiger partial charge in [-0.05, 0) is 50.2 Å². The Morgan fingerprint density at radius 1 is 1.15 bits per heavy atom. The third-order valence-electron chi connectivity index (χ3n) is 5.09. The van der Waals surface area contributed by atoms with E-state index in [1.54, 1.807) is 12.1 Å². The lowest BCUT2D eigenvalue weighted by molar-refractivity contribution is -0.123. The quantitative estimate of drug-likeness (QED) is 0.810. The van der Waals surface area contributed by atoms with Gasteiger partial charge in [-0.1, -0.05) is 25.0 Å². The Morgan fingerprint density at radius 2 is 1.89 bits per heavy atom. The lowest BCUT2D eigenvalue weighted by atomic mass is 10.1. The predicted octanol–water partition coefficient (Wildman–Crippen LogP) is 3.28. The Balaban J connectivity index is 1.59. The molecule has 1 fully saturated rings. The summed E-state index contributed by atoms with van der Waals surface area (Å²) in [6.07, 6.45) is 6.93. The summed E-state index contributed by atoms with van der Waals surface area (Å²) in [5.41, 5.74) is 1.19. The van der Waals surface area contributed by atoms with Gasteiger partial charge in [-0.3, -0.25) is 9.69 Å². The number of hydrogen-bond donors (Lipinski definition) is 1. The van der Waals surface area contributed by atoms with Crippen molar-refractivity contribution >= 4 is 5.91 Å². The number of carbonyl (C=O) groups excluding carboxylic acids is 1. The zero-order valence-electron chi connectivity index (χ0n) is 15.9. The fraction of sp³-hybridized carbons (Fsp3) is 0.476. The molecule has 5 nitrogen and oxygen atoms in total. The van der Waals surface area contributed by atoms with Crippen LogP contribution in [-0.4, -0.2) is 41.6 Å². The first-order valence-electron chi connectivity index (χ1n) is 9.64. The monoisotopic (exact) mass is 373 g/mol. The van der Waals surface area contributed by atoms with Crippen molar-refractivity contribution in [3.8, 4) is 5.75 Å². The van der Waals surface area contributed by atoms with Crippen molar-refractivity contribution in [1.29, 1.82) is 0 Å². The molecule has 1 atom stereocenters. The predicted molar refractivity (Wildman–Crippen MR) is 103 cm³/mol. The van der Waals surface area contributed by atoms with Crippen LogP contribution in [0.2, 0.25) is 0 Å². The summed E-state index contributed by atoms with van der Waals surface area (Å²) >= 11 is 0. The Hall–Kier alpha value is -2.34. The molecule has 0 aliphatic carbocycles. The van der Waals surface area contributed by atoms with Gasteiger partial charge in [0.25, 0.3) is 5.91 Å². The van der Waals surface area contributed by atoms with Gasteiger partial charge in [-0.15, -0.1) is 0 Å². The van der Waals surface area contributed by atoms with E-state index in [-0.39, 0.29) is 24.3 Å². The molecule has 1 amide bonds. The van der Waals surface area contributed by atoms with E-state index in [9.17, 15) is 9.18 Å². The molecule has 2 heterocycles. The van der Waals surface area contributed by atoms with Crippen LogP contribution in [0, 0.1) is 5.82 Å². The summed E-state index contributed by atoms with van der Waals surface area (Å²) in [5.74, 6) is -0.608. The van der Waals surface area contributed by atoms with Crippen LogP contribution in [0.4, 0.5) is 4.39 Å². The van der Waals surface area contributed by atoms with E-state index in [0.29, 0.717) is 6.54 Å². The molecule has 1 N–H and O–H groups in total. The minimum absolute atomic E-state index is 0.0964. The SMILES string of the molecule is Cn1cccc1C(CNC(=O)COc1ccccc1F)N1CCCCCC1. The molecule has 146 valence electrons. The summed E-state index contributed by atoms with van der Waals surface area (Å²) in [6.45, 7) is 2.40. The molecule has 0 radical (unpaired) electrons. The van der Waals surface area contributed by atoms with Crippen LogP contribution in [0.25, 0.3) is 0 Å². The normalized spacial score (nSPS) is 16.5. The Kier molecular flexibility index (Phi) is 6.87. The maximum atomic E-state index is 13.6. The molecule has 1 aliphatic heterocycles. The maximum absolute atomic E-state index is 13.6. The number of aromatic nitrogens is 1. The summed E-state index contributed by atoms with van der Waals surface area (Å²) in [5, 5.41) is 2.96. The number of nitrogens with one attached hydrogen (secondary N) is 1. The van der Waals surface area contributed by atoms with E-state index in [4.69, 9.17) is 4.74 Å². The highest BCUT2D eigenvalue weighted by Crippen LogP contribution is 2.24. The fourth-order valence-corrected chi connectivity index (χ4v) is 3.61. The number of ether oxygens (including phenoxy) is 1. The number of hydrogen-bond acceptors (Lipinski definition) is 3. The molecular weight excluding hydrogens is 345 g/mol. The largest absolute Gasteiger partial charge is 0.481 e. The van der Waals surface area contributed by atoms with Crippen LogP contribution in [0.5, 0.6) is 5.75 Å². The molecule has 0 saturated carbocycles. The summed E-state index contributed by atoms with van der Waals surface area (Å²) < 4.78 is 21.0. The number of aryl methyl sites for hydroxylation is 1. The van der Waals surface area contributed by atoms with E-state index >= 15 is 0 Å². The fourth-order valence-electron chi connectivity index (χ4n) is 3.61. The Labute approximate surface area is 160 Å². The molecule has 2 aromatic rings. The summed E-state index contributed by atoms with van der Waals surface area (Å²) in [7, 11) is 2.03. The molecule has 1 aromatic heterocycles. The van der Waals surface area contributed by atoms with Gasteiger partial charge in [0.05, 0.1) is 6.04 Å². The second-order valence-electron chi connectivity index (χ2n) is 7.03. The first-order chi connectivity index (χ1) is 13.1. The van der Waals surface area contributed by atoms with Crippen molar-refractivity contribution in [1.82, 2.24) is 14.8 Å². The molecule has 1 aliphatic rings. The average Bonchev–Trinajstić information content (AvgIpc) is 2.92. The molecule has 1 aromatic carbocycles. The topological polar surface area (TPSA) is 46.5 Å². The number of likely N-dealkylation sites (tertiary alicyclic amines) is 1. The van der Waals surface area contributed by atoms with Gasteiger partial charge in [0.2, 0.25) is 0 Å². The molecule has 3 rings (SSSR count). The van der Waals surface area contributed by atoms with Gasteiger partial charge in [0, 0.05) is 25.5 Å². The van der Waals surface area contributed by atoms with Crippen molar-refractivity contribution < 1.29 is 13.9 Å². The third kappa shape index (κ3) is 5.32. The van der Waals surface area contributed by atoms with E-state index in [0.717, 1.165) is 13.1 Å². The summed E-state index contributed by atoms with van der Waals surface area (Å²) in [6, 6.07) is 10.4. The van der Waals surface area contributed by atoms with Crippen LogP contribution in [-0.2, 0) is 11.8 Å². The van der Waals surface area contributed by atoms with Gasteiger partial charge < -0.3 is 14.6 Å². The van der Waals surface area contributed by atoms with E-state index < -0.39 is 5.82 Å². The minimum Gasteiger partial charge on any atom is -0.481 e. The minimum atomic E-state index is -0.462. The molecular formula is C21H28FN3O2. The number of amides is 1. The van der Waals surface area contributed by atoms with Gasteiger partial charge in [-0.25, -0.2) is 4.39 Å². The van der Waals surface area contributed by atoms with Gasteiger partial charge >= 0.3 is 0 Å². The molecule has 0 bridgehead atoms. The smallest absolute Gasteiger partial charge is 0.258 e. The Morgan fingerprint density at radius 3 is 2.56 bits per heavy atom. The third-order valence-corrected chi connectivity index (χ3v) is 5.09. The first kappa shape index (κ1) is 19.4. The molecule has 27 heavy (non-hydrogen) atoms.